The van der Waals surface area contributed by atoms with E-state index in [-0.39, 0.29) is 37.5 Å². The van der Waals surface area contributed by atoms with Crippen LogP contribution in [0, 0.1) is 17.3 Å². The molecule has 0 bridgehead atoms. The van der Waals surface area contributed by atoms with E-state index in [0.29, 0.717) is 30.0 Å². The largest absolute Gasteiger partial charge is 0.366 e. The molecule has 198 valence electrons. The molecule has 0 aromatic carbocycles. The molecule has 2 atom stereocenters. The standard InChI is InChI=1S/C26H38F2N6O2/c1-6-22(36)33-12-25(13-33)14-34(15-26(25,27)28)24-31-20-10-17(4)7-8-19(20)23(32-24)30-18(9-16(2)3)11-21(35)29-5/h6,16-18H,1,7-15H2,2-5H3,(H,29,35)(H,30,31,32)/t17?,18-/m0/s1. The number of nitrogens with zero attached hydrogens (tertiary/aromatic N) is 4. The summed E-state index contributed by atoms with van der Waals surface area (Å²) < 4.78 is 30.5. The Morgan fingerprint density at radius 2 is 1.94 bits per heavy atom. The van der Waals surface area contributed by atoms with Crippen molar-refractivity contribution >= 4 is 23.6 Å². The monoisotopic (exact) mass is 504 g/mol. The second kappa shape index (κ2) is 9.94. The van der Waals surface area contributed by atoms with Crippen LogP contribution in [-0.4, -0.2) is 71.9 Å². The Balaban J connectivity index is 1.63. The van der Waals surface area contributed by atoms with Gasteiger partial charge in [0.05, 0.1) is 17.7 Å². The maximum absolute atomic E-state index is 15.2. The summed E-state index contributed by atoms with van der Waals surface area (Å²) in [5.74, 6) is -1.60. The zero-order valence-electron chi connectivity index (χ0n) is 21.7. The molecule has 10 heteroatoms. The van der Waals surface area contributed by atoms with E-state index in [1.54, 1.807) is 11.9 Å². The minimum atomic E-state index is -2.97. The van der Waals surface area contributed by atoms with E-state index < -0.39 is 17.9 Å². The van der Waals surface area contributed by atoms with Crippen LogP contribution in [0.4, 0.5) is 20.5 Å². The van der Waals surface area contributed by atoms with Gasteiger partial charge in [0.25, 0.3) is 5.92 Å². The van der Waals surface area contributed by atoms with Gasteiger partial charge in [-0.2, -0.15) is 4.98 Å². The number of nitrogens with one attached hydrogen (secondary N) is 2. The fraction of sp³-hybridized carbons (Fsp3) is 0.692. The molecule has 2 fully saturated rings. The lowest BCUT2D eigenvalue weighted by atomic mass is 9.76. The van der Waals surface area contributed by atoms with Crippen LogP contribution in [0.25, 0.3) is 0 Å². The molecule has 1 aliphatic carbocycles. The summed E-state index contributed by atoms with van der Waals surface area (Å²) in [5.41, 5.74) is 0.617. The first-order valence-electron chi connectivity index (χ1n) is 12.9. The van der Waals surface area contributed by atoms with Crippen molar-refractivity contribution in [3.05, 3.63) is 23.9 Å². The number of likely N-dealkylation sites (tertiary alicyclic amines) is 1. The average Bonchev–Trinajstić information content (AvgIpc) is 3.07. The quantitative estimate of drug-likeness (QED) is 0.529. The zero-order chi connectivity index (χ0) is 26.3. The van der Waals surface area contributed by atoms with E-state index >= 15 is 8.78 Å². The molecule has 0 radical (unpaired) electrons. The predicted octanol–water partition coefficient (Wildman–Crippen LogP) is 3.03. The van der Waals surface area contributed by atoms with E-state index in [4.69, 9.17) is 9.97 Å². The first kappa shape index (κ1) is 26.3. The molecule has 1 aromatic rings. The molecule has 1 unspecified atom stereocenters. The second-order valence-corrected chi connectivity index (χ2v) is 11.2. The number of amides is 2. The highest BCUT2D eigenvalue weighted by Crippen LogP contribution is 2.50. The Bertz CT molecular complexity index is 1020. The number of halogens is 2. The molecule has 2 amide bonds. The number of aromatic nitrogens is 2. The Kier molecular flexibility index (Phi) is 7.26. The van der Waals surface area contributed by atoms with E-state index in [9.17, 15) is 9.59 Å². The summed E-state index contributed by atoms with van der Waals surface area (Å²) >= 11 is 0. The number of alkyl halides is 2. The first-order chi connectivity index (χ1) is 17.0. The van der Waals surface area contributed by atoms with E-state index in [1.165, 1.54) is 4.90 Å². The summed E-state index contributed by atoms with van der Waals surface area (Å²) in [6, 6.07) is -0.132. The molecule has 2 saturated heterocycles. The van der Waals surface area contributed by atoms with Gasteiger partial charge in [-0.05, 0) is 43.6 Å². The van der Waals surface area contributed by atoms with Crippen molar-refractivity contribution in [2.45, 2.75) is 64.8 Å². The van der Waals surface area contributed by atoms with Gasteiger partial charge < -0.3 is 20.4 Å². The number of hydrogen-bond donors (Lipinski definition) is 2. The van der Waals surface area contributed by atoms with Crippen LogP contribution >= 0.6 is 0 Å². The van der Waals surface area contributed by atoms with Crippen LogP contribution in [0.3, 0.4) is 0 Å². The normalized spacial score (nSPS) is 22.7. The molecule has 1 aromatic heterocycles. The number of carbonyl (C=O) groups excluding carboxylic acids is 2. The summed E-state index contributed by atoms with van der Waals surface area (Å²) in [6.45, 7) is 9.43. The highest BCUT2D eigenvalue weighted by atomic mass is 19.3. The summed E-state index contributed by atoms with van der Waals surface area (Å²) in [7, 11) is 1.62. The van der Waals surface area contributed by atoms with E-state index in [2.05, 4.69) is 38.0 Å². The van der Waals surface area contributed by atoms with E-state index in [1.807, 2.05) is 0 Å². The lowest BCUT2D eigenvalue weighted by molar-refractivity contribution is -0.169. The summed E-state index contributed by atoms with van der Waals surface area (Å²) in [6.07, 6.45) is 4.82. The van der Waals surface area contributed by atoms with Crippen molar-refractivity contribution in [1.82, 2.24) is 20.2 Å². The van der Waals surface area contributed by atoms with Gasteiger partial charge in [-0.1, -0.05) is 27.4 Å². The van der Waals surface area contributed by atoms with Crippen molar-refractivity contribution in [3.8, 4) is 0 Å². The highest BCUT2D eigenvalue weighted by Gasteiger charge is 2.66. The van der Waals surface area contributed by atoms with Crippen LogP contribution in [0.2, 0.25) is 0 Å². The third-order valence-corrected chi connectivity index (χ3v) is 7.73. The maximum Gasteiger partial charge on any atom is 0.275 e. The number of anilines is 2. The van der Waals surface area contributed by atoms with Crippen molar-refractivity contribution in [2.75, 3.05) is 43.4 Å². The van der Waals surface area contributed by atoms with Crippen LogP contribution in [0.15, 0.2) is 12.7 Å². The Hall–Kier alpha value is -2.78. The lowest BCUT2D eigenvalue weighted by Gasteiger charge is -2.49. The molecule has 8 nitrogen and oxygen atoms in total. The first-order valence-corrected chi connectivity index (χ1v) is 12.9. The molecule has 1 spiro atoms. The van der Waals surface area contributed by atoms with Gasteiger partial charge in [0.2, 0.25) is 17.8 Å². The lowest BCUT2D eigenvalue weighted by Crippen LogP contribution is -2.65. The minimum Gasteiger partial charge on any atom is -0.366 e. The van der Waals surface area contributed by atoms with Gasteiger partial charge in [-0.25, -0.2) is 13.8 Å². The van der Waals surface area contributed by atoms with Gasteiger partial charge >= 0.3 is 0 Å². The molecule has 0 saturated carbocycles. The minimum absolute atomic E-state index is 0.00295. The summed E-state index contributed by atoms with van der Waals surface area (Å²) in [4.78, 5) is 36.6. The number of rotatable bonds is 8. The highest BCUT2D eigenvalue weighted by molar-refractivity contribution is 5.88. The molecule has 2 N–H and O–H groups in total. The smallest absolute Gasteiger partial charge is 0.275 e. The van der Waals surface area contributed by atoms with Crippen LogP contribution < -0.4 is 15.5 Å². The van der Waals surface area contributed by atoms with Gasteiger partial charge in [-0.15, -0.1) is 0 Å². The van der Waals surface area contributed by atoms with Crippen LogP contribution in [0.5, 0.6) is 0 Å². The topological polar surface area (TPSA) is 90.5 Å². The zero-order valence-corrected chi connectivity index (χ0v) is 21.7. The van der Waals surface area contributed by atoms with Crippen molar-refractivity contribution < 1.29 is 18.4 Å². The van der Waals surface area contributed by atoms with Gasteiger partial charge in [-0.3, -0.25) is 9.59 Å². The molecule has 36 heavy (non-hydrogen) atoms. The van der Waals surface area contributed by atoms with Gasteiger partial charge in [0.15, 0.2) is 0 Å². The Labute approximate surface area is 211 Å². The fourth-order valence-corrected chi connectivity index (χ4v) is 5.70. The average molecular weight is 505 g/mol. The van der Waals surface area contributed by atoms with Crippen molar-refractivity contribution in [2.24, 2.45) is 17.3 Å². The molecule has 4 rings (SSSR count). The second-order valence-electron chi connectivity index (χ2n) is 11.2. The van der Waals surface area contributed by atoms with Crippen LogP contribution in [-0.2, 0) is 22.4 Å². The molecule has 3 heterocycles. The Morgan fingerprint density at radius 1 is 1.22 bits per heavy atom. The third kappa shape index (κ3) is 5.04. The molecular formula is C26H38F2N6O2. The van der Waals surface area contributed by atoms with Crippen LogP contribution in [0.1, 0.15) is 51.3 Å². The predicted molar refractivity (Wildman–Crippen MR) is 135 cm³/mol. The SMILES string of the molecule is C=CC(=O)N1CC2(C1)CN(c1nc3c(c(N[C@H](CC(=O)NC)CC(C)C)n1)CCC(C)C3)CC2(F)F. The third-order valence-electron chi connectivity index (χ3n) is 7.73. The summed E-state index contributed by atoms with van der Waals surface area (Å²) in [5, 5.41) is 6.18. The fourth-order valence-electron chi connectivity index (χ4n) is 5.70. The molecule has 2 aliphatic heterocycles. The molecule has 3 aliphatic rings. The van der Waals surface area contributed by atoms with Gasteiger partial charge in [0.1, 0.15) is 5.82 Å². The number of fused-ring (bicyclic) bond motifs is 1. The number of carbonyl (C=O) groups is 2. The number of hydrogen-bond acceptors (Lipinski definition) is 6. The molecular weight excluding hydrogens is 466 g/mol. The van der Waals surface area contributed by atoms with Crippen molar-refractivity contribution in [1.29, 1.82) is 0 Å². The van der Waals surface area contributed by atoms with E-state index in [0.717, 1.165) is 43.0 Å². The van der Waals surface area contributed by atoms with Crippen molar-refractivity contribution in [3.63, 3.8) is 0 Å². The van der Waals surface area contributed by atoms with Gasteiger partial charge in [0, 0.05) is 44.7 Å². The Morgan fingerprint density at radius 3 is 2.58 bits per heavy atom. The maximum atomic E-state index is 15.2.